The monoisotopic (exact) mass is 371 g/mol. The standard InChI is InChI=1S/C18H17N3O2S2/c1-11(19-7-6-12-4-2-8-23-12)16-20-17(22)15-13(10-25-18(15)21-16)14-5-3-9-24-14/h2-5,8-11,19H,6-7H2,1H3,(H,20,21,22)/t11-/m1/s1. The largest absolute Gasteiger partial charge is 0.469 e. The number of rotatable bonds is 6. The molecular weight excluding hydrogens is 354 g/mol. The van der Waals surface area contributed by atoms with Gasteiger partial charge in [0.1, 0.15) is 16.4 Å². The van der Waals surface area contributed by atoms with Crippen molar-refractivity contribution in [2.75, 3.05) is 6.54 Å². The van der Waals surface area contributed by atoms with Gasteiger partial charge in [-0.3, -0.25) is 4.79 Å². The number of hydrogen-bond acceptors (Lipinski definition) is 6. The number of furan rings is 1. The van der Waals surface area contributed by atoms with Crippen LogP contribution < -0.4 is 10.9 Å². The summed E-state index contributed by atoms with van der Waals surface area (Å²) >= 11 is 3.14. The number of aromatic amines is 1. The third-order valence-corrected chi connectivity index (χ3v) is 5.84. The highest BCUT2D eigenvalue weighted by Crippen LogP contribution is 2.33. The highest BCUT2D eigenvalue weighted by atomic mass is 32.1. The molecule has 0 aromatic carbocycles. The fourth-order valence-electron chi connectivity index (χ4n) is 2.75. The van der Waals surface area contributed by atoms with E-state index in [0.717, 1.165) is 34.0 Å². The Morgan fingerprint density at radius 1 is 1.32 bits per heavy atom. The third kappa shape index (κ3) is 3.30. The summed E-state index contributed by atoms with van der Waals surface area (Å²) in [4.78, 5) is 22.1. The normalized spacial score (nSPS) is 12.7. The van der Waals surface area contributed by atoms with E-state index in [1.807, 2.05) is 41.9 Å². The molecule has 0 bridgehead atoms. The number of aromatic nitrogens is 2. The van der Waals surface area contributed by atoms with Crippen molar-refractivity contribution in [2.24, 2.45) is 0 Å². The summed E-state index contributed by atoms with van der Waals surface area (Å²) in [5.41, 5.74) is 0.887. The van der Waals surface area contributed by atoms with Crippen molar-refractivity contribution in [1.82, 2.24) is 15.3 Å². The topological polar surface area (TPSA) is 70.9 Å². The van der Waals surface area contributed by atoms with Crippen molar-refractivity contribution in [2.45, 2.75) is 19.4 Å². The van der Waals surface area contributed by atoms with E-state index in [2.05, 4.69) is 15.3 Å². The Labute approximate surface area is 152 Å². The molecule has 0 spiro atoms. The first-order valence-corrected chi connectivity index (χ1v) is 9.79. The second-order valence-electron chi connectivity index (χ2n) is 5.76. The van der Waals surface area contributed by atoms with Gasteiger partial charge >= 0.3 is 0 Å². The van der Waals surface area contributed by atoms with Gasteiger partial charge in [0, 0.05) is 28.8 Å². The molecule has 5 nitrogen and oxygen atoms in total. The molecule has 7 heteroatoms. The predicted octanol–water partition coefficient (Wildman–Crippen LogP) is 4.20. The Balaban J connectivity index is 1.55. The van der Waals surface area contributed by atoms with Crippen LogP contribution in [0.2, 0.25) is 0 Å². The zero-order valence-corrected chi connectivity index (χ0v) is 15.2. The van der Waals surface area contributed by atoms with Crippen LogP contribution in [-0.2, 0) is 6.42 Å². The molecule has 0 unspecified atom stereocenters. The van der Waals surface area contributed by atoms with Gasteiger partial charge in [-0.1, -0.05) is 6.07 Å². The molecule has 2 N–H and O–H groups in total. The first kappa shape index (κ1) is 16.3. The highest BCUT2D eigenvalue weighted by Gasteiger charge is 2.16. The molecule has 4 heterocycles. The van der Waals surface area contributed by atoms with Crippen molar-refractivity contribution in [3.63, 3.8) is 0 Å². The van der Waals surface area contributed by atoms with Gasteiger partial charge in [0.2, 0.25) is 0 Å². The first-order valence-electron chi connectivity index (χ1n) is 8.03. The summed E-state index contributed by atoms with van der Waals surface area (Å²) in [7, 11) is 0. The Bertz CT molecular complexity index is 1020. The summed E-state index contributed by atoms with van der Waals surface area (Å²) in [6.07, 6.45) is 2.47. The summed E-state index contributed by atoms with van der Waals surface area (Å²) in [5, 5.41) is 8.08. The van der Waals surface area contributed by atoms with Gasteiger partial charge in [0.25, 0.3) is 5.56 Å². The van der Waals surface area contributed by atoms with Crippen LogP contribution in [0.1, 0.15) is 24.6 Å². The van der Waals surface area contributed by atoms with Gasteiger partial charge in [0.05, 0.1) is 17.7 Å². The Morgan fingerprint density at radius 3 is 3.00 bits per heavy atom. The molecule has 0 aliphatic carbocycles. The van der Waals surface area contributed by atoms with Crippen molar-refractivity contribution in [3.05, 3.63) is 63.2 Å². The number of hydrogen-bond donors (Lipinski definition) is 2. The maximum atomic E-state index is 12.6. The molecule has 0 amide bonds. The molecule has 0 saturated heterocycles. The lowest BCUT2D eigenvalue weighted by atomic mass is 10.2. The van der Waals surface area contributed by atoms with E-state index in [0.29, 0.717) is 11.2 Å². The van der Waals surface area contributed by atoms with Crippen LogP contribution in [0.3, 0.4) is 0 Å². The second kappa shape index (κ2) is 6.95. The first-order chi connectivity index (χ1) is 12.2. The Morgan fingerprint density at radius 2 is 2.24 bits per heavy atom. The van der Waals surface area contributed by atoms with Gasteiger partial charge in [0.15, 0.2) is 0 Å². The minimum absolute atomic E-state index is 0.0423. The lowest BCUT2D eigenvalue weighted by Crippen LogP contribution is -2.25. The number of H-pyrrole nitrogens is 1. The van der Waals surface area contributed by atoms with Crippen LogP contribution in [0.25, 0.3) is 20.7 Å². The molecule has 0 aliphatic rings. The molecule has 4 aromatic heterocycles. The molecule has 0 fully saturated rings. The maximum absolute atomic E-state index is 12.6. The minimum atomic E-state index is -0.0793. The van der Waals surface area contributed by atoms with Gasteiger partial charge in [-0.15, -0.1) is 22.7 Å². The van der Waals surface area contributed by atoms with Gasteiger partial charge < -0.3 is 14.7 Å². The van der Waals surface area contributed by atoms with Crippen molar-refractivity contribution in [1.29, 1.82) is 0 Å². The summed E-state index contributed by atoms with van der Waals surface area (Å²) in [6, 6.07) is 7.81. The van der Waals surface area contributed by atoms with E-state index in [4.69, 9.17) is 4.42 Å². The zero-order valence-electron chi connectivity index (χ0n) is 13.6. The third-order valence-electron chi connectivity index (χ3n) is 4.06. The molecule has 0 radical (unpaired) electrons. The highest BCUT2D eigenvalue weighted by molar-refractivity contribution is 7.18. The van der Waals surface area contributed by atoms with Gasteiger partial charge in [-0.25, -0.2) is 4.98 Å². The molecular formula is C18H17N3O2S2. The molecule has 0 saturated carbocycles. The number of nitrogens with zero attached hydrogens (tertiary/aromatic N) is 1. The number of fused-ring (bicyclic) bond motifs is 1. The smallest absolute Gasteiger partial charge is 0.260 e. The van der Waals surface area contributed by atoms with Crippen LogP contribution >= 0.6 is 22.7 Å². The van der Waals surface area contributed by atoms with E-state index in [-0.39, 0.29) is 11.6 Å². The average molecular weight is 371 g/mol. The van der Waals surface area contributed by atoms with Crippen molar-refractivity contribution >= 4 is 32.9 Å². The van der Waals surface area contributed by atoms with E-state index >= 15 is 0 Å². The molecule has 1 atom stereocenters. The van der Waals surface area contributed by atoms with E-state index in [1.54, 1.807) is 17.6 Å². The number of nitrogens with one attached hydrogen (secondary N) is 2. The zero-order chi connectivity index (χ0) is 17.2. The molecule has 128 valence electrons. The molecule has 4 aromatic rings. The molecule has 25 heavy (non-hydrogen) atoms. The van der Waals surface area contributed by atoms with Crippen LogP contribution in [0, 0.1) is 0 Å². The minimum Gasteiger partial charge on any atom is -0.469 e. The van der Waals surface area contributed by atoms with Gasteiger partial charge in [-0.05, 0) is 30.5 Å². The maximum Gasteiger partial charge on any atom is 0.260 e. The fourth-order valence-corrected chi connectivity index (χ4v) is 4.52. The van der Waals surface area contributed by atoms with E-state index in [9.17, 15) is 4.79 Å². The Kier molecular flexibility index (Phi) is 4.52. The fraction of sp³-hybridized carbons (Fsp3) is 0.222. The van der Waals surface area contributed by atoms with E-state index in [1.165, 1.54) is 11.3 Å². The van der Waals surface area contributed by atoms with E-state index < -0.39 is 0 Å². The predicted molar refractivity (Wildman–Crippen MR) is 102 cm³/mol. The van der Waals surface area contributed by atoms with Crippen molar-refractivity contribution < 1.29 is 4.42 Å². The Hall–Kier alpha value is -2.22. The summed E-state index contributed by atoms with van der Waals surface area (Å²) < 4.78 is 5.33. The average Bonchev–Trinajstić information content (AvgIpc) is 3.35. The van der Waals surface area contributed by atoms with Crippen LogP contribution in [0.4, 0.5) is 0 Å². The van der Waals surface area contributed by atoms with Gasteiger partial charge in [-0.2, -0.15) is 0 Å². The second-order valence-corrected chi connectivity index (χ2v) is 7.57. The van der Waals surface area contributed by atoms with Crippen molar-refractivity contribution in [3.8, 4) is 10.4 Å². The van der Waals surface area contributed by atoms with Crippen LogP contribution in [0.5, 0.6) is 0 Å². The summed E-state index contributed by atoms with van der Waals surface area (Å²) in [6.45, 7) is 2.75. The summed E-state index contributed by atoms with van der Waals surface area (Å²) in [5.74, 6) is 1.60. The molecule has 0 aliphatic heterocycles. The quantitative estimate of drug-likeness (QED) is 0.533. The SMILES string of the molecule is C[C@@H](NCCc1ccco1)c1nc2scc(-c3cccs3)c2c(=O)[nH]1. The molecule has 4 rings (SSSR count). The lowest BCUT2D eigenvalue weighted by Gasteiger charge is -2.12. The number of thiophene rings is 2. The van der Waals surface area contributed by atoms with Crippen LogP contribution in [0.15, 0.2) is 50.5 Å². The van der Waals surface area contributed by atoms with Crippen LogP contribution in [-0.4, -0.2) is 16.5 Å². The lowest BCUT2D eigenvalue weighted by molar-refractivity contribution is 0.480.